The molecule has 0 aliphatic carbocycles. The lowest BCUT2D eigenvalue weighted by Gasteiger charge is -2.21. The van der Waals surface area contributed by atoms with Crippen LogP contribution in [-0.4, -0.2) is 57.4 Å². The summed E-state index contributed by atoms with van der Waals surface area (Å²) in [5, 5.41) is 8.54. The van der Waals surface area contributed by atoms with Crippen LogP contribution in [0, 0.1) is 0 Å². The van der Waals surface area contributed by atoms with Gasteiger partial charge in [-0.2, -0.15) is 0 Å². The molecule has 0 radical (unpaired) electrons. The van der Waals surface area contributed by atoms with Crippen molar-refractivity contribution in [2.24, 2.45) is 0 Å². The van der Waals surface area contributed by atoms with Gasteiger partial charge < -0.3 is 14.6 Å². The monoisotopic (exact) mass is 497 g/mol. The van der Waals surface area contributed by atoms with E-state index in [0.29, 0.717) is 16.9 Å². The molecular formula is C26H27NO7S. The van der Waals surface area contributed by atoms with Gasteiger partial charge in [-0.05, 0) is 56.5 Å². The number of ether oxygens (including phenoxy) is 2. The predicted octanol–water partition coefficient (Wildman–Crippen LogP) is 4.25. The van der Waals surface area contributed by atoms with Crippen LogP contribution in [-0.2, 0) is 20.7 Å². The van der Waals surface area contributed by atoms with E-state index in [1.807, 2.05) is 0 Å². The van der Waals surface area contributed by atoms with Crippen LogP contribution in [0.4, 0.5) is 4.79 Å². The normalized spacial score (nSPS) is 16.1. The Morgan fingerprint density at radius 3 is 2.43 bits per heavy atom. The zero-order chi connectivity index (χ0) is 25.8. The number of hydrogen-bond acceptors (Lipinski definition) is 8. The Morgan fingerprint density at radius 1 is 1.11 bits per heavy atom. The number of thioether (sulfide) groups is 1. The minimum atomic E-state index is -0.708. The molecular weight excluding hydrogens is 470 g/mol. The number of nitrogens with zero attached hydrogens (tertiary/aromatic N) is 1. The summed E-state index contributed by atoms with van der Waals surface area (Å²) in [6, 6.07) is 11.5. The SMILES string of the molecule is COc1cc(C=CC(=O)c2ccc(CC3SC(=O)N(CC(=O)OC(C)(C)C)C3=O)cc2)ccc1O. The smallest absolute Gasteiger partial charge is 0.326 e. The second-order valence-electron chi connectivity index (χ2n) is 8.91. The summed E-state index contributed by atoms with van der Waals surface area (Å²) >= 11 is 0.880. The molecule has 2 aromatic rings. The van der Waals surface area contributed by atoms with Gasteiger partial charge in [0.2, 0.25) is 5.91 Å². The molecule has 1 atom stereocenters. The molecule has 1 aliphatic rings. The summed E-state index contributed by atoms with van der Waals surface area (Å²) in [7, 11) is 1.45. The van der Waals surface area contributed by atoms with Crippen LogP contribution in [0.2, 0.25) is 0 Å². The molecule has 1 fully saturated rings. The lowest BCUT2D eigenvalue weighted by Crippen LogP contribution is -2.39. The molecule has 2 aromatic carbocycles. The Balaban J connectivity index is 1.60. The second kappa shape index (κ2) is 10.8. The molecule has 1 heterocycles. The number of carbonyl (C=O) groups excluding carboxylic acids is 4. The molecule has 0 saturated carbocycles. The minimum Gasteiger partial charge on any atom is -0.504 e. The molecule has 1 aliphatic heterocycles. The average Bonchev–Trinajstić information content (AvgIpc) is 3.04. The number of aromatic hydroxyl groups is 1. The number of methoxy groups -OCH3 is 1. The van der Waals surface area contributed by atoms with Crippen LogP contribution in [0.15, 0.2) is 48.5 Å². The quantitative estimate of drug-likeness (QED) is 0.328. The number of allylic oxidation sites excluding steroid dienone is 1. The van der Waals surface area contributed by atoms with Crippen molar-refractivity contribution in [3.63, 3.8) is 0 Å². The molecule has 1 unspecified atom stereocenters. The summed E-state index contributed by atoms with van der Waals surface area (Å²) in [4.78, 5) is 50.4. The topological polar surface area (TPSA) is 110 Å². The number of hydrogen-bond donors (Lipinski definition) is 1. The molecule has 0 bridgehead atoms. The third kappa shape index (κ3) is 6.95. The van der Waals surface area contributed by atoms with Crippen molar-refractivity contribution < 1.29 is 33.8 Å². The summed E-state index contributed by atoms with van der Waals surface area (Å²) in [6.07, 6.45) is 3.33. The maximum absolute atomic E-state index is 12.7. The number of carbonyl (C=O) groups is 4. The van der Waals surface area contributed by atoms with Crippen LogP contribution in [0.1, 0.15) is 42.3 Å². The Hall–Kier alpha value is -3.59. The Morgan fingerprint density at radius 2 is 1.80 bits per heavy atom. The first-order valence-corrected chi connectivity index (χ1v) is 11.8. The fourth-order valence-corrected chi connectivity index (χ4v) is 4.39. The van der Waals surface area contributed by atoms with Gasteiger partial charge in [0.15, 0.2) is 17.3 Å². The van der Waals surface area contributed by atoms with Gasteiger partial charge in [-0.1, -0.05) is 48.2 Å². The molecule has 9 heteroatoms. The molecule has 0 aromatic heterocycles. The lowest BCUT2D eigenvalue weighted by molar-refractivity contribution is -0.157. The Labute approximate surface area is 207 Å². The number of phenols is 1. The molecule has 3 rings (SSSR count). The van der Waals surface area contributed by atoms with Gasteiger partial charge in [0.05, 0.1) is 12.4 Å². The molecule has 8 nitrogen and oxygen atoms in total. The van der Waals surface area contributed by atoms with E-state index in [-0.39, 0.29) is 18.0 Å². The number of benzene rings is 2. The number of rotatable bonds is 8. The maximum Gasteiger partial charge on any atom is 0.326 e. The van der Waals surface area contributed by atoms with E-state index in [2.05, 4.69) is 0 Å². The van der Waals surface area contributed by atoms with Crippen LogP contribution in [0.5, 0.6) is 11.5 Å². The van der Waals surface area contributed by atoms with Crippen molar-refractivity contribution in [1.82, 2.24) is 4.90 Å². The molecule has 35 heavy (non-hydrogen) atoms. The number of imide groups is 1. The zero-order valence-electron chi connectivity index (χ0n) is 19.9. The van der Waals surface area contributed by atoms with Gasteiger partial charge in [0, 0.05) is 5.56 Å². The Kier molecular flexibility index (Phi) is 8.01. The van der Waals surface area contributed by atoms with Crippen molar-refractivity contribution in [3.05, 3.63) is 65.2 Å². The third-order valence-corrected chi connectivity index (χ3v) is 6.08. The summed E-state index contributed by atoms with van der Waals surface area (Å²) in [5.74, 6) is -0.958. The number of ketones is 1. The largest absolute Gasteiger partial charge is 0.504 e. The first-order valence-electron chi connectivity index (χ1n) is 10.9. The highest BCUT2D eigenvalue weighted by atomic mass is 32.2. The van der Waals surface area contributed by atoms with Gasteiger partial charge in [0.1, 0.15) is 12.1 Å². The zero-order valence-corrected chi connectivity index (χ0v) is 20.8. The predicted molar refractivity (Wildman–Crippen MR) is 133 cm³/mol. The Bertz CT molecular complexity index is 1170. The van der Waals surface area contributed by atoms with E-state index < -0.39 is 34.5 Å². The second-order valence-corrected chi connectivity index (χ2v) is 10.1. The number of esters is 1. The van der Waals surface area contributed by atoms with Gasteiger partial charge in [0.25, 0.3) is 5.24 Å². The number of phenolic OH excluding ortho intramolecular Hbond substituents is 1. The van der Waals surface area contributed by atoms with Gasteiger partial charge in [-0.15, -0.1) is 0 Å². The summed E-state index contributed by atoms with van der Waals surface area (Å²) in [5.41, 5.74) is 1.23. The highest BCUT2D eigenvalue weighted by molar-refractivity contribution is 8.15. The summed E-state index contributed by atoms with van der Waals surface area (Å²) in [6.45, 7) is 4.73. The van der Waals surface area contributed by atoms with Crippen molar-refractivity contribution >= 4 is 40.7 Å². The van der Waals surface area contributed by atoms with Crippen LogP contribution in [0.3, 0.4) is 0 Å². The maximum atomic E-state index is 12.7. The van der Waals surface area contributed by atoms with Gasteiger partial charge in [-0.3, -0.25) is 24.1 Å². The van der Waals surface area contributed by atoms with Gasteiger partial charge in [-0.25, -0.2) is 0 Å². The van der Waals surface area contributed by atoms with Crippen molar-refractivity contribution in [1.29, 1.82) is 0 Å². The van der Waals surface area contributed by atoms with Gasteiger partial charge >= 0.3 is 5.97 Å². The fraction of sp³-hybridized carbons (Fsp3) is 0.308. The highest BCUT2D eigenvalue weighted by Gasteiger charge is 2.41. The van der Waals surface area contributed by atoms with Crippen molar-refractivity contribution in [3.8, 4) is 11.5 Å². The highest BCUT2D eigenvalue weighted by Crippen LogP contribution is 2.30. The lowest BCUT2D eigenvalue weighted by atomic mass is 10.0. The van der Waals surface area contributed by atoms with Crippen molar-refractivity contribution in [2.45, 2.75) is 38.0 Å². The third-order valence-electron chi connectivity index (χ3n) is 5.00. The van der Waals surface area contributed by atoms with Crippen LogP contribution in [0.25, 0.3) is 6.08 Å². The first-order chi connectivity index (χ1) is 16.5. The van der Waals surface area contributed by atoms with Crippen molar-refractivity contribution in [2.75, 3.05) is 13.7 Å². The molecule has 184 valence electrons. The molecule has 2 amide bonds. The van der Waals surface area contributed by atoms with E-state index in [9.17, 15) is 24.3 Å². The van der Waals surface area contributed by atoms with E-state index >= 15 is 0 Å². The van der Waals surface area contributed by atoms with E-state index in [1.165, 1.54) is 19.3 Å². The average molecular weight is 498 g/mol. The first kappa shape index (κ1) is 26.0. The fourth-order valence-electron chi connectivity index (χ4n) is 3.36. The van der Waals surface area contributed by atoms with Crippen LogP contribution >= 0.6 is 11.8 Å². The molecule has 0 spiro atoms. The summed E-state index contributed by atoms with van der Waals surface area (Å²) < 4.78 is 10.3. The standard InChI is InChI=1S/C26H27NO7S/c1-26(2,3)34-23(30)15-27-24(31)22(35-25(27)32)14-17-5-9-18(10-6-17)19(28)11-7-16-8-12-20(29)21(13-16)33-4/h5-13,22,29H,14-15H2,1-4H3. The van der Waals surface area contributed by atoms with Crippen LogP contribution < -0.4 is 4.74 Å². The number of amides is 2. The van der Waals surface area contributed by atoms with E-state index in [1.54, 1.807) is 63.2 Å². The molecule has 1 saturated heterocycles. The minimum absolute atomic E-state index is 0.0140. The molecule has 1 N–H and O–H groups in total. The van der Waals surface area contributed by atoms with E-state index in [4.69, 9.17) is 9.47 Å². The van der Waals surface area contributed by atoms with E-state index in [0.717, 1.165) is 22.2 Å².